The SMILES string of the molecule is COc1ccc(Nc2nccc(C(=O)NCCc3ccc(NC(C)=O)cc3)n2)cc1. The molecule has 0 aliphatic rings. The smallest absolute Gasteiger partial charge is 0.270 e. The fourth-order valence-electron chi connectivity index (χ4n) is 2.72. The Morgan fingerprint density at radius 3 is 2.33 bits per heavy atom. The molecule has 0 saturated carbocycles. The normalized spacial score (nSPS) is 10.2. The predicted octanol–water partition coefficient (Wildman–Crippen LogP) is 3.16. The van der Waals surface area contributed by atoms with Crippen LogP contribution in [0.5, 0.6) is 5.75 Å². The first-order chi connectivity index (χ1) is 14.5. The second-order valence-electron chi connectivity index (χ2n) is 6.50. The van der Waals surface area contributed by atoms with Crippen LogP contribution < -0.4 is 20.7 Å². The molecule has 8 heteroatoms. The van der Waals surface area contributed by atoms with Gasteiger partial charge < -0.3 is 20.7 Å². The van der Waals surface area contributed by atoms with Crippen LogP contribution in [0.25, 0.3) is 0 Å². The fraction of sp³-hybridized carbons (Fsp3) is 0.182. The summed E-state index contributed by atoms with van der Waals surface area (Å²) in [4.78, 5) is 31.9. The van der Waals surface area contributed by atoms with E-state index in [1.165, 1.54) is 13.1 Å². The van der Waals surface area contributed by atoms with Gasteiger partial charge in [-0.05, 0) is 54.4 Å². The van der Waals surface area contributed by atoms with Crippen molar-refractivity contribution in [3.8, 4) is 5.75 Å². The first-order valence-electron chi connectivity index (χ1n) is 9.42. The number of carbonyl (C=O) groups excluding carboxylic acids is 2. The van der Waals surface area contributed by atoms with Crippen molar-refractivity contribution in [3.63, 3.8) is 0 Å². The molecule has 0 radical (unpaired) electrons. The minimum Gasteiger partial charge on any atom is -0.497 e. The van der Waals surface area contributed by atoms with E-state index in [1.54, 1.807) is 13.2 Å². The maximum absolute atomic E-state index is 12.4. The van der Waals surface area contributed by atoms with Gasteiger partial charge in [0.25, 0.3) is 5.91 Å². The van der Waals surface area contributed by atoms with Gasteiger partial charge in [-0.1, -0.05) is 12.1 Å². The average Bonchev–Trinajstić information content (AvgIpc) is 2.75. The summed E-state index contributed by atoms with van der Waals surface area (Å²) in [5.74, 6) is 0.700. The summed E-state index contributed by atoms with van der Waals surface area (Å²) in [6, 6.07) is 16.4. The van der Waals surface area contributed by atoms with Crippen molar-refractivity contribution in [2.45, 2.75) is 13.3 Å². The molecular weight excluding hydrogens is 382 g/mol. The third kappa shape index (κ3) is 6.03. The summed E-state index contributed by atoms with van der Waals surface area (Å²) in [6.07, 6.45) is 2.20. The van der Waals surface area contributed by atoms with E-state index in [0.717, 1.165) is 22.7 Å². The van der Waals surface area contributed by atoms with Crippen molar-refractivity contribution in [1.82, 2.24) is 15.3 Å². The molecule has 0 atom stereocenters. The Hall–Kier alpha value is -3.94. The molecule has 0 spiro atoms. The van der Waals surface area contributed by atoms with E-state index < -0.39 is 0 Å². The number of amides is 2. The average molecular weight is 405 g/mol. The lowest BCUT2D eigenvalue weighted by Gasteiger charge is -2.08. The van der Waals surface area contributed by atoms with Crippen LogP contribution >= 0.6 is 0 Å². The van der Waals surface area contributed by atoms with Crippen molar-refractivity contribution in [2.24, 2.45) is 0 Å². The fourth-order valence-corrected chi connectivity index (χ4v) is 2.72. The van der Waals surface area contributed by atoms with E-state index in [2.05, 4.69) is 25.9 Å². The van der Waals surface area contributed by atoms with Crippen LogP contribution in [0, 0.1) is 0 Å². The van der Waals surface area contributed by atoms with E-state index in [9.17, 15) is 9.59 Å². The highest BCUT2D eigenvalue weighted by Crippen LogP contribution is 2.17. The number of nitrogens with zero attached hydrogens (tertiary/aromatic N) is 2. The highest BCUT2D eigenvalue weighted by atomic mass is 16.5. The van der Waals surface area contributed by atoms with Gasteiger partial charge in [-0.15, -0.1) is 0 Å². The Kier molecular flexibility index (Phi) is 6.94. The molecule has 0 unspecified atom stereocenters. The molecule has 30 heavy (non-hydrogen) atoms. The lowest BCUT2D eigenvalue weighted by Crippen LogP contribution is -2.26. The topological polar surface area (TPSA) is 105 Å². The summed E-state index contributed by atoms with van der Waals surface area (Å²) in [6.45, 7) is 1.93. The second-order valence-corrected chi connectivity index (χ2v) is 6.50. The van der Waals surface area contributed by atoms with Crippen LogP contribution in [0.2, 0.25) is 0 Å². The Morgan fingerprint density at radius 1 is 0.967 bits per heavy atom. The molecule has 3 N–H and O–H groups in total. The minimum absolute atomic E-state index is 0.110. The first-order valence-corrected chi connectivity index (χ1v) is 9.42. The molecule has 8 nitrogen and oxygen atoms in total. The zero-order chi connectivity index (χ0) is 21.3. The zero-order valence-electron chi connectivity index (χ0n) is 16.8. The number of aromatic nitrogens is 2. The first kappa shape index (κ1) is 20.8. The van der Waals surface area contributed by atoms with E-state index >= 15 is 0 Å². The van der Waals surface area contributed by atoms with Crippen molar-refractivity contribution in [3.05, 3.63) is 72.1 Å². The number of ether oxygens (including phenoxy) is 1. The molecular formula is C22H23N5O3. The van der Waals surface area contributed by atoms with E-state index in [1.807, 2.05) is 48.5 Å². The number of hydrogen-bond donors (Lipinski definition) is 3. The molecule has 3 aromatic rings. The standard InChI is InChI=1S/C22H23N5O3/c1-15(28)25-17-5-3-16(4-6-17)11-13-23-21(29)20-12-14-24-22(27-20)26-18-7-9-19(30-2)10-8-18/h3-10,12,14H,11,13H2,1-2H3,(H,23,29)(H,25,28)(H,24,26,27). The molecule has 154 valence electrons. The van der Waals surface area contributed by atoms with Gasteiger partial charge in [0, 0.05) is 31.0 Å². The number of hydrogen-bond acceptors (Lipinski definition) is 6. The van der Waals surface area contributed by atoms with Crippen molar-refractivity contribution >= 4 is 29.1 Å². The Morgan fingerprint density at radius 2 is 1.67 bits per heavy atom. The number of nitrogens with one attached hydrogen (secondary N) is 3. The lowest BCUT2D eigenvalue weighted by atomic mass is 10.1. The van der Waals surface area contributed by atoms with Gasteiger partial charge in [0.2, 0.25) is 11.9 Å². The molecule has 0 aliphatic heterocycles. The number of anilines is 3. The molecule has 3 rings (SSSR count). The van der Waals surface area contributed by atoms with Crippen molar-refractivity contribution < 1.29 is 14.3 Å². The van der Waals surface area contributed by atoms with Crippen LogP contribution in [0.15, 0.2) is 60.8 Å². The third-order valence-electron chi connectivity index (χ3n) is 4.21. The van der Waals surface area contributed by atoms with Gasteiger partial charge in [0.15, 0.2) is 0 Å². The van der Waals surface area contributed by atoms with E-state index in [-0.39, 0.29) is 17.5 Å². The molecule has 0 fully saturated rings. The molecule has 0 aliphatic carbocycles. The molecule has 1 aromatic heterocycles. The lowest BCUT2D eigenvalue weighted by molar-refractivity contribution is -0.114. The molecule has 1 heterocycles. The summed E-state index contributed by atoms with van der Waals surface area (Å²) in [5.41, 5.74) is 2.86. The summed E-state index contributed by atoms with van der Waals surface area (Å²) < 4.78 is 5.13. The largest absolute Gasteiger partial charge is 0.497 e. The predicted molar refractivity (Wildman–Crippen MR) is 115 cm³/mol. The number of carbonyl (C=O) groups is 2. The highest BCUT2D eigenvalue weighted by molar-refractivity contribution is 5.92. The van der Waals surface area contributed by atoms with Crippen LogP contribution in [0.4, 0.5) is 17.3 Å². The van der Waals surface area contributed by atoms with Crippen molar-refractivity contribution in [2.75, 3.05) is 24.3 Å². The Bertz CT molecular complexity index is 1000. The van der Waals surface area contributed by atoms with Gasteiger partial charge in [-0.25, -0.2) is 9.97 Å². The van der Waals surface area contributed by atoms with Gasteiger partial charge in [-0.2, -0.15) is 0 Å². The number of benzene rings is 2. The summed E-state index contributed by atoms with van der Waals surface area (Å²) in [5, 5.41) is 8.64. The van der Waals surface area contributed by atoms with E-state index in [0.29, 0.717) is 18.9 Å². The van der Waals surface area contributed by atoms with Gasteiger partial charge >= 0.3 is 0 Å². The molecule has 0 bridgehead atoms. The maximum Gasteiger partial charge on any atom is 0.270 e. The van der Waals surface area contributed by atoms with Gasteiger partial charge in [0.1, 0.15) is 11.4 Å². The Balaban J connectivity index is 1.52. The van der Waals surface area contributed by atoms with Gasteiger partial charge in [0.05, 0.1) is 7.11 Å². The zero-order valence-corrected chi connectivity index (χ0v) is 16.8. The minimum atomic E-state index is -0.273. The second kappa shape index (κ2) is 10.0. The van der Waals surface area contributed by atoms with Gasteiger partial charge in [-0.3, -0.25) is 9.59 Å². The quantitative estimate of drug-likeness (QED) is 0.532. The summed E-state index contributed by atoms with van der Waals surface area (Å²) in [7, 11) is 1.61. The highest BCUT2D eigenvalue weighted by Gasteiger charge is 2.09. The van der Waals surface area contributed by atoms with Crippen LogP contribution in [-0.4, -0.2) is 35.4 Å². The van der Waals surface area contributed by atoms with Crippen LogP contribution in [0.3, 0.4) is 0 Å². The van der Waals surface area contributed by atoms with Crippen LogP contribution in [-0.2, 0) is 11.2 Å². The van der Waals surface area contributed by atoms with Crippen LogP contribution in [0.1, 0.15) is 23.0 Å². The van der Waals surface area contributed by atoms with Crippen molar-refractivity contribution in [1.29, 1.82) is 0 Å². The Labute approximate surface area is 174 Å². The monoisotopic (exact) mass is 405 g/mol. The summed E-state index contributed by atoms with van der Waals surface area (Å²) >= 11 is 0. The third-order valence-corrected chi connectivity index (χ3v) is 4.21. The molecule has 0 saturated heterocycles. The number of methoxy groups -OCH3 is 1. The number of rotatable bonds is 8. The van der Waals surface area contributed by atoms with E-state index in [4.69, 9.17) is 4.74 Å². The molecule has 2 aromatic carbocycles. The molecule has 2 amide bonds. The maximum atomic E-state index is 12.4.